The van der Waals surface area contributed by atoms with Crippen LogP contribution in [0.15, 0.2) is 33.9 Å². The van der Waals surface area contributed by atoms with Gasteiger partial charge in [0, 0.05) is 13.0 Å². The first kappa shape index (κ1) is 27.3. The van der Waals surface area contributed by atoms with E-state index in [1.807, 2.05) is 24.3 Å². The molecule has 0 aliphatic rings. The number of ether oxygens (including phenoxy) is 1. The van der Waals surface area contributed by atoms with E-state index >= 15 is 0 Å². The second kappa shape index (κ2) is 10.0. The van der Waals surface area contributed by atoms with Crippen molar-refractivity contribution in [2.75, 3.05) is 6.61 Å². The van der Waals surface area contributed by atoms with E-state index in [9.17, 15) is 29.4 Å². The molecule has 2 N–H and O–H groups in total. The first-order valence-corrected chi connectivity index (χ1v) is 12.5. The van der Waals surface area contributed by atoms with E-state index in [0.29, 0.717) is 23.2 Å². The summed E-state index contributed by atoms with van der Waals surface area (Å²) in [6.07, 6.45) is 0.794. The number of aromatic nitrogens is 2. The van der Waals surface area contributed by atoms with Crippen LogP contribution in [0, 0.1) is 6.92 Å². The van der Waals surface area contributed by atoms with Gasteiger partial charge in [0.1, 0.15) is 15.2 Å². The van der Waals surface area contributed by atoms with Crippen LogP contribution in [-0.2, 0) is 34.5 Å². The van der Waals surface area contributed by atoms with E-state index in [4.69, 9.17) is 4.74 Å². The minimum Gasteiger partial charge on any atom is -0.480 e. The molecule has 2 heterocycles. The number of carbonyl (C=O) groups is 2. The van der Waals surface area contributed by atoms with Crippen LogP contribution in [0.2, 0.25) is 0 Å². The lowest BCUT2D eigenvalue weighted by Gasteiger charge is -2.23. The molecule has 0 aliphatic carbocycles. The molecule has 0 saturated heterocycles. The molecule has 0 atom stereocenters. The molecule has 194 valence electrons. The van der Waals surface area contributed by atoms with Crippen molar-refractivity contribution >= 4 is 33.5 Å². The largest absolute Gasteiger partial charge is 0.480 e. The second-order valence-electron chi connectivity index (χ2n) is 9.90. The molecule has 10 heteroatoms. The quantitative estimate of drug-likeness (QED) is 0.418. The van der Waals surface area contributed by atoms with Crippen molar-refractivity contribution in [3.63, 3.8) is 0 Å². The number of aliphatic carboxylic acids is 1. The maximum atomic E-state index is 13.6. The highest BCUT2D eigenvalue weighted by atomic mass is 32.1. The Morgan fingerprint density at radius 1 is 1.08 bits per heavy atom. The van der Waals surface area contributed by atoms with Gasteiger partial charge in [-0.3, -0.25) is 9.36 Å². The van der Waals surface area contributed by atoms with Crippen molar-refractivity contribution in [2.45, 2.75) is 72.1 Å². The van der Waals surface area contributed by atoms with Crippen LogP contribution in [0.3, 0.4) is 0 Å². The molecule has 1 aromatic carbocycles. The number of aliphatic hydroxyl groups is 1. The van der Waals surface area contributed by atoms with Crippen molar-refractivity contribution in [1.82, 2.24) is 9.13 Å². The normalized spacial score (nSPS) is 12.2. The number of esters is 1. The average Bonchev–Trinajstić information content (AvgIpc) is 3.11. The smallest absolute Gasteiger partial charge is 0.348 e. The highest BCUT2D eigenvalue weighted by molar-refractivity contribution is 7.20. The Morgan fingerprint density at radius 3 is 2.25 bits per heavy atom. The predicted octanol–water partition coefficient (Wildman–Crippen LogP) is 3.09. The zero-order valence-electron chi connectivity index (χ0n) is 21.4. The van der Waals surface area contributed by atoms with Gasteiger partial charge in [-0.05, 0) is 64.7 Å². The van der Waals surface area contributed by atoms with Gasteiger partial charge in [0.25, 0.3) is 5.56 Å². The SMILES string of the molecule is CCOC(=O)c1sc2c(c1C)c(=O)n(C(C)(C)C(=O)O)c(=O)n2CCc1ccccc1CC(C)(C)O. The number of aryl methyl sites for hydroxylation is 3. The number of benzene rings is 1. The van der Waals surface area contributed by atoms with Crippen LogP contribution >= 0.6 is 11.3 Å². The Kier molecular flexibility index (Phi) is 7.61. The van der Waals surface area contributed by atoms with E-state index in [1.165, 1.54) is 18.4 Å². The molecular formula is C26H32N2O7S. The fourth-order valence-electron chi connectivity index (χ4n) is 4.20. The first-order chi connectivity index (χ1) is 16.7. The van der Waals surface area contributed by atoms with Gasteiger partial charge in [0.15, 0.2) is 0 Å². The zero-order chi connectivity index (χ0) is 27.0. The third-order valence-electron chi connectivity index (χ3n) is 6.10. The number of carboxylic acid groups (broad SMARTS) is 1. The summed E-state index contributed by atoms with van der Waals surface area (Å²) in [7, 11) is 0. The van der Waals surface area contributed by atoms with Crippen LogP contribution in [0.5, 0.6) is 0 Å². The Bertz CT molecular complexity index is 1440. The lowest BCUT2D eigenvalue weighted by atomic mass is 9.93. The van der Waals surface area contributed by atoms with Gasteiger partial charge in [-0.2, -0.15) is 0 Å². The summed E-state index contributed by atoms with van der Waals surface area (Å²) in [6, 6.07) is 7.56. The molecule has 0 fully saturated rings. The lowest BCUT2D eigenvalue weighted by Crippen LogP contribution is -2.52. The molecular weight excluding hydrogens is 484 g/mol. The summed E-state index contributed by atoms with van der Waals surface area (Å²) in [6.45, 7) is 9.56. The maximum Gasteiger partial charge on any atom is 0.348 e. The van der Waals surface area contributed by atoms with Crippen LogP contribution in [0.25, 0.3) is 10.2 Å². The van der Waals surface area contributed by atoms with Gasteiger partial charge in [-0.1, -0.05) is 24.3 Å². The maximum absolute atomic E-state index is 13.6. The van der Waals surface area contributed by atoms with Crippen molar-refractivity contribution in [1.29, 1.82) is 0 Å². The first-order valence-electron chi connectivity index (χ1n) is 11.7. The highest BCUT2D eigenvalue weighted by Gasteiger charge is 2.35. The van der Waals surface area contributed by atoms with Gasteiger partial charge in [-0.25, -0.2) is 19.0 Å². The molecule has 0 amide bonds. The van der Waals surface area contributed by atoms with Gasteiger partial charge >= 0.3 is 17.6 Å². The topological polar surface area (TPSA) is 128 Å². The summed E-state index contributed by atoms with van der Waals surface area (Å²) in [5.41, 5.74) is -2.09. The standard InChI is InChI=1S/C26H32N2O7S/c1-7-35-22(30)19-15(2)18-20(29)28(26(5,6)23(31)32)24(33)27(21(18)36-19)13-12-16-10-8-9-11-17(16)14-25(3,4)34/h8-11,34H,7,12-14H2,1-6H3,(H,31,32). The van der Waals surface area contributed by atoms with Gasteiger partial charge < -0.3 is 14.9 Å². The van der Waals surface area contributed by atoms with E-state index < -0.39 is 34.3 Å². The Labute approximate surface area is 212 Å². The predicted molar refractivity (Wildman–Crippen MR) is 138 cm³/mol. The number of thiophene rings is 1. The van der Waals surface area contributed by atoms with Crippen LogP contribution in [0.1, 0.15) is 61.0 Å². The minimum atomic E-state index is -1.82. The van der Waals surface area contributed by atoms with Gasteiger partial charge in [-0.15, -0.1) is 11.3 Å². The third-order valence-corrected chi connectivity index (χ3v) is 7.40. The second-order valence-corrected chi connectivity index (χ2v) is 10.9. The number of carboxylic acids is 1. The molecule has 0 radical (unpaired) electrons. The van der Waals surface area contributed by atoms with Crippen molar-refractivity contribution < 1.29 is 24.5 Å². The summed E-state index contributed by atoms with van der Waals surface area (Å²) >= 11 is 0.992. The number of carbonyl (C=O) groups excluding carboxylic acids is 1. The van der Waals surface area contributed by atoms with Crippen molar-refractivity contribution in [3.8, 4) is 0 Å². The van der Waals surface area contributed by atoms with Crippen molar-refractivity contribution in [2.24, 2.45) is 0 Å². The van der Waals surface area contributed by atoms with Gasteiger partial charge in [0.2, 0.25) is 0 Å². The lowest BCUT2D eigenvalue weighted by molar-refractivity contribution is -0.146. The van der Waals surface area contributed by atoms with Crippen molar-refractivity contribution in [3.05, 3.63) is 66.7 Å². The summed E-state index contributed by atoms with van der Waals surface area (Å²) in [5, 5.41) is 20.2. The number of nitrogens with zero attached hydrogens (tertiary/aromatic N) is 2. The zero-order valence-corrected chi connectivity index (χ0v) is 22.2. The molecule has 3 aromatic rings. The fraction of sp³-hybridized carbons (Fsp3) is 0.462. The Hall–Kier alpha value is -3.24. The number of hydrogen-bond donors (Lipinski definition) is 2. The van der Waals surface area contributed by atoms with Gasteiger partial charge in [0.05, 0.1) is 17.6 Å². The van der Waals surface area contributed by atoms with Crippen LogP contribution in [0.4, 0.5) is 0 Å². The molecule has 3 rings (SSSR count). The molecule has 9 nitrogen and oxygen atoms in total. The molecule has 0 bridgehead atoms. The number of rotatable bonds is 9. The van der Waals surface area contributed by atoms with E-state index in [0.717, 1.165) is 27.0 Å². The van der Waals surface area contributed by atoms with Crippen LogP contribution in [-0.4, -0.2) is 43.5 Å². The molecule has 0 spiro atoms. The number of hydrogen-bond acceptors (Lipinski definition) is 7. The third kappa shape index (κ3) is 5.15. The fourth-order valence-corrected chi connectivity index (χ4v) is 5.41. The summed E-state index contributed by atoms with van der Waals surface area (Å²) < 4.78 is 7.24. The molecule has 0 unspecified atom stereocenters. The minimum absolute atomic E-state index is 0.127. The monoisotopic (exact) mass is 516 g/mol. The Balaban J connectivity index is 2.25. The van der Waals surface area contributed by atoms with E-state index in [1.54, 1.807) is 27.7 Å². The number of fused-ring (bicyclic) bond motifs is 1. The molecule has 2 aromatic heterocycles. The summed E-state index contributed by atoms with van der Waals surface area (Å²) in [4.78, 5) is 52.2. The summed E-state index contributed by atoms with van der Waals surface area (Å²) in [5.74, 6) is -1.93. The van der Waals surface area contributed by atoms with E-state index in [2.05, 4.69) is 0 Å². The molecule has 36 heavy (non-hydrogen) atoms. The Morgan fingerprint density at radius 2 is 1.69 bits per heavy atom. The average molecular weight is 517 g/mol. The van der Waals surface area contributed by atoms with Crippen LogP contribution < -0.4 is 11.2 Å². The van der Waals surface area contributed by atoms with E-state index in [-0.39, 0.29) is 23.4 Å². The highest BCUT2D eigenvalue weighted by Crippen LogP contribution is 2.30. The molecule has 0 aliphatic heterocycles. The molecule has 0 saturated carbocycles.